The van der Waals surface area contributed by atoms with Crippen molar-refractivity contribution in [3.63, 3.8) is 0 Å². The summed E-state index contributed by atoms with van der Waals surface area (Å²) in [6.45, 7) is 13.0. The van der Waals surface area contributed by atoms with Gasteiger partial charge in [-0.25, -0.2) is 0 Å². The summed E-state index contributed by atoms with van der Waals surface area (Å²) in [6.07, 6.45) is 5.45. The Labute approximate surface area is 136 Å². The minimum absolute atomic E-state index is 0.218. The van der Waals surface area contributed by atoms with Crippen molar-refractivity contribution in [1.29, 1.82) is 0 Å². The summed E-state index contributed by atoms with van der Waals surface area (Å²) in [7, 11) is 1.72. The molecule has 2 bridgehead atoms. The molecule has 0 aromatic heterocycles. The van der Waals surface area contributed by atoms with Crippen LogP contribution < -0.4 is 0 Å². The normalized spacial score (nSPS) is 51.0. The van der Waals surface area contributed by atoms with Crippen molar-refractivity contribution in [2.45, 2.75) is 72.2 Å². The smallest absolute Gasteiger partial charge is 0.189 e. The highest BCUT2D eigenvalue weighted by atomic mass is 16.7. The monoisotopic (exact) mass is 310 g/mol. The predicted octanol–water partition coefficient (Wildman–Crippen LogP) is 4.25. The number of ether oxygens (including phenoxy) is 3. The zero-order chi connectivity index (χ0) is 16.2. The first-order valence-corrected chi connectivity index (χ1v) is 9.04. The molecular weight excluding hydrogens is 276 g/mol. The highest BCUT2D eigenvalue weighted by molar-refractivity contribution is 5.11. The lowest BCUT2D eigenvalue weighted by atomic mass is 9.66. The fourth-order valence-corrected chi connectivity index (χ4v) is 6.15. The van der Waals surface area contributed by atoms with Gasteiger partial charge in [0.2, 0.25) is 0 Å². The van der Waals surface area contributed by atoms with Gasteiger partial charge in [0.05, 0.1) is 19.3 Å². The number of hydrogen-bond acceptors (Lipinski definition) is 3. The maximum absolute atomic E-state index is 6.32. The van der Waals surface area contributed by atoms with Crippen LogP contribution in [-0.2, 0) is 14.2 Å². The predicted molar refractivity (Wildman–Crippen MR) is 87.6 cm³/mol. The van der Waals surface area contributed by atoms with E-state index in [0.29, 0.717) is 23.4 Å². The van der Waals surface area contributed by atoms with E-state index in [1.807, 2.05) is 6.92 Å². The molecule has 3 rings (SSSR count). The third kappa shape index (κ3) is 2.44. The van der Waals surface area contributed by atoms with Crippen molar-refractivity contribution in [2.75, 3.05) is 20.3 Å². The van der Waals surface area contributed by atoms with E-state index in [9.17, 15) is 0 Å². The second-order valence-corrected chi connectivity index (χ2v) is 9.00. The summed E-state index contributed by atoms with van der Waals surface area (Å²) in [5.74, 6) is 1.65. The van der Waals surface area contributed by atoms with Crippen LogP contribution in [0, 0.1) is 28.6 Å². The maximum atomic E-state index is 6.32. The fraction of sp³-hybridized carbons (Fsp3) is 1.00. The van der Waals surface area contributed by atoms with Crippen LogP contribution in [0.15, 0.2) is 0 Å². The van der Waals surface area contributed by atoms with Gasteiger partial charge in [0.25, 0.3) is 0 Å². The Morgan fingerprint density at radius 1 is 1.09 bits per heavy atom. The highest BCUT2D eigenvalue weighted by Gasteiger charge is 2.62. The first kappa shape index (κ1) is 16.7. The summed E-state index contributed by atoms with van der Waals surface area (Å²) in [6, 6.07) is 0. The van der Waals surface area contributed by atoms with E-state index in [2.05, 4.69) is 27.7 Å². The van der Waals surface area contributed by atoms with E-state index in [1.165, 1.54) is 25.7 Å². The van der Waals surface area contributed by atoms with Crippen LogP contribution in [0.3, 0.4) is 0 Å². The largest absolute Gasteiger partial charge is 0.379 e. The van der Waals surface area contributed by atoms with Crippen molar-refractivity contribution in [1.82, 2.24) is 0 Å². The van der Waals surface area contributed by atoms with Crippen LogP contribution in [0.4, 0.5) is 0 Å². The van der Waals surface area contributed by atoms with Crippen LogP contribution in [0.1, 0.15) is 60.3 Å². The van der Waals surface area contributed by atoms with Gasteiger partial charge >= 0.3 is 0 Å². The molecule has 3 heteroatoms. The Morgan fingerprint density at radius 3 is 2.50 bits per heavy atom. The lowest BCUT2D eigenvalue weighted by molar-refractivity contribution is -0.274. The molecule has 22 heavy (non-hydrogen) atoms. The molecule has 2 aliphatic carbocycles. The van der Waals surface area contributed by atoms with Gasteiger partial charge in [-0.1, -0.05) is 20.8 Å². The first-order chi connectivity index (χ1) is 10.2. The van der Waals surface area contributed by atoms with Gasteiger partial charge in [-0.3, -0.25) is 0 Å². The Hall–Kier alpha value is -0.120. The first-order valence-electron chi connectivity index (χ1n) is 9.04. The van der Waals surface area contributed by atoms with Crippen LogP contribution in [0.25, 0.3) is 0 Å². The van der Waals surface area contributed by atoms with Gasteiger partial charge in [-0.2, -0.15) is 0 Å². The summed E-state index contributed by atoms with van der Waals surface area (Å²) >= 11 is 0. The van der Waals surface area contributed by atoms with E-state index in [0.717, 1.165) is 18.4 Å². The van der Waals surface area contributed by atoms with E-state index >= 15 is 0 Å². The topological polar surface area (TPSA) is 27.7 Å². The van der Waals surface area contributed by atoms with E-state index in [-0.39, 0.29) is 6.10 Å². The van der Waals surface area contributed by atoms with Crippen LogP contribution in [0.5, 0.6) is 0 Å². The van der Waals surface area contributed by atoms with Crippen molar-refractivity contribution in [3.8, 4) is 0 Å². The second-order valence-electron chi connectivity index (χ2n) is 9.00. The Kier molecular flexibility index (Phi) is 4.15. The van der Waals surface area contributed by atoms with Crippen molar-refractivity contribution in [3.05, 3.63) is 0 Å². The van der Waals surface area contributed by atoms with E-state index in [4.69, 9.17) is 14.2 Å². The third-order valence-electron chi connectivity index (χ3n) is 7.25. The Morgan fingerprint density at radius 2 is 1.82 bits per heavy atom. The van der Waals surface area contributed by atoms with E-state index < -0.39 is 5.79 Å². The molecular formula is C19H34O3. The van der Waals surface area contributed by atoms with Crippen molar-refractivity contribution < 1.29 is 14.2 Å². The van der Waals surface area contributed by atoms with Gasteiger partial charge in [-0.05, 0) is 68.1 Å². The molecule has 0 N–H and O–H groups in total. The zero-order valence-corrected chi connectivity index (χ0v) is 15.3. The SMILES string of the molecule is COC[C@]1(C)OC[C@@H]2C[C@@]3(C[C@@H](C)O1)[C@H](C)CC[C@H]3C2(C)C. The minimum Gasteiger partial charge on any atom is -0.379 e. The van der Waals surface area contributed by atoms with Gasteiger partial charge < -0.3 is 14.2 Å². The molecule has 0 aromatic carbocycles. The molecule has 0 radical (unpaired) electrons. The quantitative estimate of drug-likeness (QED) is 0.763. The Bertz CT molecular complexity index is 421. The molecule has 128 valence electrons. The third-order valence-corrected chi connectivity index (χ3v) is 7.25. The van der Waals surface area contributed by atoms with Gasteiger partial charge in [0.15, 0.2) is 5.79 Å². The standard InChI is InChI=1S/C19H34O3/c1-13-7-8-16-17(3,4)15-10-19(13,16)9-14(2)22-18(5,12-20-6)21-11-15/h13-16H,7-12H2,1-6H3/t13-,14-,15+,16+,18-,19+/m1/s1. The molecule has 1 saturated heterocycles. The number of fused-ring (bicyclic) bond motifs is 1. The van der Waals surface area contributed by atoms with Gasteiger partial charge in [0, 0.05) is 7.11 Å². The summed E-state index contributed by atoms with van der Waals surface area (Å²) in [5, 5.41) is 0. The fourth-order valence-electron chi connectivity index (χ4n) is 6.15. The van der Waals surface area contributed by atoms with Gasteiger partial charge in [-0.15, -0.1) is 0 Å². The van der Waals surface area contributed by atoms with Crippen LogP contribution in [-0.4, -0.2) is 32.2 Å². The van der Waals surface area contributed by atoms with Crippen molar-refractivity contribution >= 4 is 0 Å². The minimum atomic E-state index is -0.608. The summed E-state index contributed by atoms with van der Waals surface area (Å²) < 4.78 is 18.0. The molecule has 3 fully saturated rings. The lowest BCUT2D eigenvalue weighted by Crippen LogP contribution is -2.44. The maximum Gasteiger partial charge on any atom is 0.189 e. The van der Waals surface area contributed by atoms with Crippen molar-refractivity contribution in [2.24, 2.45) is 28.6 Å². The highest BCUT2D eigenvalue weighted by Crippen LogP contribution is 2.68. The average Bonchev–Trinajstić information content (AvgIpc) is 2.83. The Balaban J connectivity index is 1.93. The number of methoxy groups -OCH3 is 1. The molecule has 2 saturated carbocycles. The molecule has 0 aromatic rings. The molecule has 1 spiro atoms. The summed E-state index contributed by atoms with van der Waals surface area (Å²) in [5.41, 5.74) is 0.824. The molecule has 0 unspecified atom stereocenters. The number of rotatable bonds is 2. The second kappa shape index (κ2) is 5.46. The van der Waals surface area contributed by atoms with Crippen LogP contribution >= 0.6 is 0 Å². The molecule has 1 heterocycles. The summed E-state index contributed by atoms with van der Waals surface area (Å²) in [4.78, 5) is 0. The molecule has 3 aliphatic rings. The molecule has 1 aliphatic heterocycles. The molecule has 6 atom stereocenters. The van der Waals surface area contributed by atoms with E-state index in [1.54, 1.807) is 7.11 Å². The van der Waals surface area contributed by atoms with Gasteiger partial charge in [0.1, 0.15) is 0 Å². The average molecular weight is 310 g/mol. The van der Waals surface area contributed by atoms with Crippen LogP contribution in [0.2, 0.25) is 0 Å². The number of hydrogen-bond donors (Lipinski definition) is 0. The molecule has 3 nitrogen and oxygen atoms in total. The zero-order valence-electron chi connectivity index (χ0n) is 15.3. The molecule has 0 amide bonds. The lowest BCUT2D eigenvalue weighted by Gasteiger charge is -2.42.